The second-order valence-corrected chi connectivity index (χ2v) is 6.22. The molecule has 2 heterocycles. The Morgan fingerprint density at radius 1 is 1.28 bits per heavy atom. The Morgan fingerprint density at radius 2 is 1.94 bits per heavy atom. The third kappa shape index (κ3) is 2.72. The van der Waals surface area contributed by atoms with Crippen LogP contribution in [0.25, 0.3) is 0 Å². The highest BCUT2D eigenvalue weighted by Gasteiger charge is 2.41. The summed E-state index contributed by atoms with van der Waals surface area (Å²) in [4.78, 5) is 5.03. The molecule has 0 aromatic carbocycles. The van der Waals surface area contributed by atoms with Crippen LogP contribution in [0.3, 0.4) is 0 Å². The second kappa shape index (κ2) is 5.87. The summed E-state index contributed by atoms with van der Waals surface area (Å²) >= 11 is 0. The molecular weight excluding hydrogens is 226 g/mol. The van der Waals surface area contributed by atoms with Gasteiger partial charge in [0.2, 0.25) is 0 Å². The second-order valence-electron chi connectivity index (χ2n) is 6.22. The number of hydrogen-bond acceptors (Lipinski definition) is 4. The predicted molar refractivity (Wildman–Crippen MR) is 74.7 cm³/mol. The third-order valence-electron chi connectivity index (χ3n) is 5.16. The lowest BCUT2D eigenvalue weighted by Gasteiger charge is -2.51. The summed E-state index contributed by atoms with van der Waals surface area (Å²) < 4.78 is 5.64. The Bertz CT molecular complexity index is 264. The Labute approximate surface area is 111 Å². The van der Waals surface area contributed by atoms with Crippen molar-refractivity contribution in [3.05, 3.63) is 0 Å². The number of hydrogen-bond donors (Lipinski definition) is 1. The Morgan fingerprint density at radius 3 is 2.50 bits per heavy atom. The molecule has 2 unspecified atom stereocenters. The molecule has 4 nitrogen and oxygen atoms in total. The van der Waals surface area contributed by atoms with Gasteiger partial charge in [0.15, 0.2) is 0 Å². The lowest BCUT2D eigenvalue weighted by molar-refractivity contribution is -0.0600. The summed E-state index contributed by atoms with van der Waals surface area (Å²) in [5.41, 5.74) is 6.36. The van der Waals surface area contributed by atoms with Gasteiger partial charge in [0.05, 0.1) is 6.10 Å². The van der Waals surface area contributed by atoms with E-state index in [0.717, 1.165) is 13.1 Å². The SMILES string of the molecule is COC1CN(C2(CN)CCN(C)CC2)CCC1C. The molecule has 18 heavy (non-hydrogen) atoms. The van der Waals surface area contributed by atoms with E-state index in [1.807, 2.05) is 7.11 Å². The smallest absolute Gasteiger partial charge is 0.0724 e. The Balaban J connectivity index is 2.04. The van der Waals surface area contributed by atoms with E-state index in [9.17, 15) is 0 Å². The Hall–Kier alpha value is -0.160. The number of methoxy groups -OCH3 is 1. The normalized spacial score (nSPS) is 34.7. The largest absolute Gasteiger partial charge is 0.380 e. The zero-order chi connectivity index (χ0) is 13.2. The molecule has 0 saturated carbocycles. The van der Waals surface area contributed by atoms with E-state index in [1.165, 1.54) is 38.9 Å². The lowest BCUT2D eigenvalue weighted by Crippen LogP contribution is -2.62. The highest BCUT2D eigenvalue weighted by molar-refractivity contribution is 4.98. The molecule has 0 aliphatic carbocycles. The maximum atomic E-state index is 6.14. The van der Waals surface area contributed by atoms with Gasteiger partial charge >= 0.3 is 0 Å². The molecule has 4 heteroatoms. The maximum absolute atomic E-state index is 6.14. The van der Waals surface area contributed by atoms with Crippen molar-refractivity contribution >= 4 is 0 Å². The molecule has 2 atom stereocenters. The number of piperidine rings is 2. The van der Waals surface area contributed by atoms with Gasteiger partial charge < -0.3 is 15.4 Å². The van der Waals surface area contributed by atoms with Gasteiger partial charge in [-0.05, 0) is 51.9 Å². The monoisotopic (exact) mass is 255 g/mol. The third-order valence-corrected chi connectivity index (χ3v) is 5.16. The fourth-order valence-electron chi connectivity index (χ4n) is 3.46. The van der Waals surface area contributed by atoms with Crippen LogP contribution in [0.15, 0.2) is 0 Å². The fraction of sp³-hybridized carbons (Fsp3) is 1.00. The molecule has 2 aliphatic heterocycles. The minimum absolute atomic E-state index is 0.226. The first kappa shape index (κ1) is 14.3. The van der Waals surface area contributed by atoms with Crippen molar-refractivity contribution in [3.8, 4) is 0 Å². The maximum Gasteiger partial charge on any atom is 0.0724 e. The summed E-state index contributed by atoms with van der Waals surface area (Å²) in [5.74, 6) is 0.673. The van der Waals surface area contributed by atoms with Gasteiger partial charge in [-0.25, -0.2) is 0 Å². The van der Waals surface area contributed by atoms with E-state index in [4.69, 9.17) is 10.5 Å². The summed E-state index contributed by atoms with van der Waals surface area (Å²) in [6, 6.07) is 0. The van der Waals surface area contributed by atoms with Gasteiger partial charge in [-0.2, -0.15) is 0 Å². The fourth-order valence-corrected chi connectivity index (χ4v) is 3.46. The van der Waals surface area contributed by atoms with Crippen molar-refractivity contribution in [2.24, 2.45) is 11.7 Å². The number of rotatable bonds is 3. The number of likely N-dealkylation sites (tertiary alicyclic amines) is 2. The van der Waals surface area contributed by atoms with Crippen LogP contribution >= 0.6 is 0 Å². The van der Waals surface area contributed by atoms with Crippen molar-refractivity contribution < 1.29 is 4.74 Å². The zero-order valence-electron chi connectivity index (χ0n) is 12.2. The van der Waals surface area contributed by atoms with E-state index in [2.05, 4.69) is 23.8 Å². The van der Waals surface area contributed by atoms with Crippen LogP contribution in [-0.4, -0.2) is 68.3 Å². The molecule has 0 spiro atoms. The first-order chi connectivity index (χ1) is 8.61. The molecule has 0 amide bonds. The zero-order valence-corrected chi connectivity index (χ0v) is 12.2. The minimum Gasteiger partial charge on any atom is -0.380 e. The van der Waals surface area contributed by atoms with Crippen LogP contribution in [0.2, 0.25) is 0 Å². The Kier molecular flexibility index (Phi) is 4.64. The highest BCUT2D eigenvalue weighted by atomic mass is 16.5. The number of nitrogens with zero attached hydrogens (tertiary/aromatic N) is 2. The topological polar surface area (TPSA) is 41.7 Å². The summed E-state index contributed by atoms with van der Waals surface area (Å²) in [7, 11) is 4.05. The summed E-state index contributed by atoms with van der Waals surface area (Å²) in [5, 5.41) is 0. The van der Waals surface area contributed by atoms with Crippen LogP contribution in [0.4, 0.5) is 0 Å². The molecule has 106 valence electrons. The summed E-state index contributed by atoms with van der Waals surface area (Å²) in [6.07, 6.45) is 4.01. The van der Waals surface area contributed by atoms with Crippen LogP contribution in [-0.2, 0) is 4.74 Å². The molecule has 0 aromatic rings. The molecule has 2 saturated heterocycles. The molecule has 0 bridgehead atoms. The van der Waals surface area contributed by atoms with Gasteiger partial charge in [-0.1, -0.05) is 6.92 Å². The molecule has 0 radical (unpaired) electrons. The highest BCUT2D eigenvalue weighted by Crippen LogP contribution is 2.32. The average molecular weight is 255 g/mol. The van der Waals surface area contributed by atoms with E-state index in [0.29, 0.717) is 12.0 Å². The van der Waals surface area contributed by atoms with Crippen molar-refractivity contribution in [1.29, 1.82) is 0 Å². The molecule has 2 fully saturated rings. The van der Waals surface area contributed by atoms with E-state index in [-0.39, 0.29) is 5.54 Å². The van der Waals surface area contributed by atoms with Crippen molar-refractivity contribution in [2.45, 2.75) is 37.8 Å². The van der Waals surface area contributed by atoms with Crippen LogP contribution < -0.4 is 5.73 Å². The summed E-state index contributed by atoms with van der Waals surface area (Å²) in [6.45, 7) is 7.66. The lowest BCUT2D eigenvalue weighted by atomic mass is 9.82. The standard InChI is InChI=1S/C14H29N3O/c1-12-4-7-17(10-13(12)18-3)14(11-15)5-8-16(2)9-6-14/h12-13H,4-11,15H2,1-3H3. The molecule has 2 aliphatic rings. The van der Waals surface area contributed by atoms with Gasteiger partial charge in [-0.15, -0.1) is 0 Å². The first-order valence-electron chi connectivity index (χ1n) is 7.28. The number of nitrogens with two attached hydrogens (primary N) is 1. The van der Waals surface area contributed by atoms with Crippen molar-refractivity contribution in [3.63, 3.8) is 0 Å². The van der Waals surface area contributed by atoms with Crippen molar-refractivity contribution in [2.75, 3.05) is 46.9 Å². The van der Waals surface area contributed by atoms with E-state index >= 15 is 0 Å². The van der Waals surface area contributed by atoms with Crippen LogP contribution in [0.1, 0.15) is 26.2 Å². The molecule has 2 N–H and O–H groups in total. The average Bonchev–Trinajstić information content (AvgIpc) is 2.41. The van der Waals surface area contributed by atoms with Gasteiger partial charge in [-0.3, -0.25) is 4.90 Å². The quantitative estimate of drug-likeness (QED) is 0.809. The van der Waals surface area contributed by atoms with Gasteiger partial charge in [0, 0.05) is 25.7 Å². The van der Waals surface area contributed by atoms with Crippen molar-refractivity contribution in [1.82, 2.24) is 9.80 Å². The van der Waals surface area contributed by atoms with E-state index in [1.54, 1.807) is 0 Å². The van der Waals surface area contributed by atoms with Crippen LogP contribution in [0, 0.1) is 5.92 Å². The molecular formula is C14H29N3O. The predicted octanol–water partition coefficient (Wildman–Crippen LogP) is 0.766. The number of ether oxygens (including phenoxy) is 1. The molecule has 0 aromatic heterocycles. The van der Waals surface area contributed by atoms with E-state index < -0.39 is 0 Å². The molecule has 2 rings (SSSR count). The minimum atomic E-state index is 0.226. The first-order valence-corrected chi connectivity index (χ1v) is 7.28. The van der Waals surface area contributed by atoms with Gasteiger partial charge in [0.1, 0.15) is 0 Å². The van der Waals surface area contributed by atoms with Crippen LogP contribution in [0.5, 0.6) is 0 Å². The van der Waals surface area contributed by atoms with Gasteiger partial charge in [0.25, 0.3) is 0 Å².